The van der Waals surface area contributed by atoms with E-state index in [1.807, 2.05) is 0 Å². The standard InChI is InChI=1S/C29H54P/c1-10-13-20-30(21-14-11-2,22-15-12-3)24-25-16-18-26(19-17-25)27(29(7,8)9)23-28(4,5)6/h16-19,27H,10-15,20-24H2,1-9H3/q+1. The smallest absolute Gasteiger partial charge is 0.0652 e. The summed E-state index contributed by atoms with van der Waals surface area (Å²) in [6, 6.07) is 9.95. The van der Waals surface area contributed by atoms with Crippen LogP contribution >= 0.6 is 7.26 Å². The fourth-order valence-corrected chi connectivity index (χ4v) is 9.92. The Bertz CT molecular complexity index is 548. The largest absolute Gasteiger partial charge is 0.0842 e. The lowest BCUT2D eigenvalue weighted by Gasteiger charge is -2.36. The molecule has 174 valence electrons. The first kappa shape index (κ1) is 27.7. The van der Waals surface area contributed by atoms with Crippen LogP contribution in [0.25, 0.3) is 0 Å². The van der Waals surface area contributed by atoms with Gasteiger partial charge in [-0.1, -0.05) is 106 Å². The molecule has 0 heterocycles. The van der Waals surface area contributed by atoms with E-state index in [4.69, 9.17) is 0 Å². The van der Waals surface area contributed by atoms with Crippen molar-refractivity contribution in [1.82, 2.24) is 0 Å². The number of hydrogen-bond donors (Lipinski definition) is 0. The molecule has 1 atom stereocenters. The molecule has 1 aromatic carbocycles. The van der Waals surface area contributed by atoms with Crippen molar-refractivity contribution in [3.05, 3.63) is 35.4 Å². The van der Waals surface area contributed by atoms with Crippen molar-refractivity contribution in [2.45, 2.75) is 119 Å². The van der Waals surface area contributed by atoms with Crippen LogP contribution in [0.4, 0.5) is 0 Å². The first-order chi connectivity index (χ1) is 14.0. The molecular weight excluding hydrogens is 379 g/mol. The van der Waals surface area contributed by atoms with Gasteiger partial charge in [-0.25, -0.2) is 0 Å². The van der Waals surface area contributed by atoms with Crippen molar-refractivity contribution < 1.29 is 0 Å². The van der Waals surface area contributed by atoms with Crippen LogP contribution in [0.15, 0.2) is 24.3 Å². The second-order valence-electron chi connectivity index (χ2n) is 12.2. The quantitative estimate of drug-likeness (QED) is 0.271. The van der Waals surface area contributed by atoms with E-state index in [0.29, 0.717) is 16.7 Å². The van der Waals surface area contributed by atoms with Crippen LogP contribution in [-0.4, -0.2) is 18.5 Å². The number of benzene rings is 1. The maximum atomic E-state index is 2.50. The first-order valence-electron chi connectivity index (χ1n) is 12.9. The summed E-state index contributed by atoms with van der Waals surface area (Å²) in [6.45, 7) is 21.5. The molecule has 0 spiro atoms. The van der Waals surface area contributed by atoms with Crippen LogP contribution in [-0.2, 0) is 6.16 Å². The van der Waals surface area contributed by atoms with Crippen molar-refractivity contribution in [1.29, 1.82) is 0 Å². The van der Waals surface area contributed by atoms with E-state index < -0.39 is 7.26 Å². The molecule has 0 saturated heterocycles. The molecule has 1 aromatic rings. The van der Waals surface area contributed by atoms with E-state index >= 15 is 0 Å². The molecule has 1 unspecified atom stereocenters. The Morgan fingerprint density at radius 2 is 1.13 bits per heavy atom. The third kappa shape index (κ3) is 9.85. The van der Waals surface area contributed by atoms with Gasteiger partial charge in [0, 0.05) is 7.26 Å². The normalized spacial score (nSPS) is 14.2. The van der Waals surface area contributed by atoms with Crippen LogP contribution in [0, 0.1) is 10.8 Å². The minimum absolute atomic E-state index is 0.301. The monoisotopic (exact) mass is 433 g/mol. The zero-order valence-corrected chi connectivity index (χ0v) is 23.0. The summed E-state index contributed by atoms with van der Waals surface area (Å²) in [5.41, 5.74) is 3.81. The van der Waals surface area contributed by atoms with Gasteiger partial charge in [0.05, 0.1) is 24.6 Å². The highest BCUT2D eigenvalue weighted by Gasteiger charge is 2.36. The van der Waals surface area contributed by atoms with Crippen molar-refractivity contribution in [2.24, 2.45) is 10.8 Å². The van der Waals surface area contributed by atoms with Gasteiger partial charge in [0.1, 0.15) is 0 Å². The van der Waals surface area contributed by atoms with Gasteiger partial charge in [-0.2, -0.15) is 0 Å². The molecule has 0 nitrogen and oxygen atoms in total. The lowest BCUT2D eigenvalue weighted by Crippen LogP contribution is -2.23. The highest BCUT2D eigenvalue weighted by atomic mass is 31.2. The summed E-state index contributed by atoms with van der Waals surface area (Å²) in [5.74, 6) is 0.617. The summed E-state index contributed by atoms with van der Waals surface area (Å²) in [6.07, 6.45) is 15.5. The van der Waals surface area contributed by atoms with Crippen molar-refractivity contribution in [2.75, 3.05) is 18.5 Å². The average molecular weight is 434 g/mol. The molecular formula is C29H54P+. The zero-order chi connectivity index (χ0) is 22.8. The van der Waals surface area contributed by atoms with Gasteiger partial charge in [0.2, 0.25) is 0 Å². The Kier molecular flexibility index (Phi) is 11.7. The molecule has 1 heteroatoms. The van der Waals surface area contributed by atoms with Crippen molar-refractivity contribution >= 4 is 7.26 Å². The zero-order valence-electron chi connectivity index (χ0n) is 22.1. The van der Waals surface area contributed by atoms with E-state index in [1.54, 1.807) is 11.1 Å². The van der Waals surface area contributed by atoms with E-state index in [1.165, 1.54) is 69.6 Å². The first-order valence-corrected chi connectivity index (χ1v) is 15.4. The summed E-state index contributed by atoms with van der Waals surface area (Å²) < 4.78 is 0. The highest BCUT2D eigenvalue weighted by Crippen LogP contribution is 2.63. The summed E-state index contributed by atoms with van der Waals surface area (Å²) in [7, 11) is -0.872. The third-order valence-corrected chi connectivity index (χ3v) is 11.6. The molecule has 0 N–H and O–H groups in total. The van der Waals surface area contributed by atoms with Gasteiger partial charge in [-0.05, 0) is 53.6 Å². The SMILES string of the molecule is CCCC[P+](CCCC)(CCCC)Cc1ccc(C(CC(C)(C)C)C(C)(C)C)cc1. The Morgan fingerprint density at radius 1 is 0.700 bits per heavy atom. The van der Waals surface area contributed by atoms with Crippen LogP contribution in [0.5, 0.6) is 0 Å². The molecule has 0 radical (unpaired) electrons. The molecule has 0 aliphatic rings. The predicted molar refractivity (Wildman–Crippen MR) is 143 cm³/mol. The molecule has 0 aliphatic carbocycles. The lowest BCUT2D eigenvalue weighted by atomic mass is 9.69. The van der Waals surface area contributed by atoms with E-state index in [9.17, 15) is 0 Å². The van der Waals surface area contributed by atoms with Gasteiger partial charge >= 0.3 is 0 Å². The average Bonchev–Trinajstić information content (AvgIpc) is 2.66. The van der Waals surface area contributed by atoms with Crippen molar-refractivity contribution in [3.63, 3.8) is 0 Å². The molecule has 0 saturated carbocycles. The molecule has 0 amide bonds. The summed E-state index contributed by atoms with van der Waals surface area (Å²) in [5, 5.41) is 0. The maximum absolute atomic E-state index is 2.50. The number of rotatable bonds is 13. The van der Waals surface area contributed by atoms with Crippen LogP contribution in [0.3, 0.4) is 0 Å². The fourth-order valence-electron chi connectivity index (χ4n) is 4.83. The minimum atomic E-state index is -0.872. The van der Waals surface area contributed by atoms with E-state index in [-0.39, 0.29) is 0 Å². The Labute approximate surface area is 191 Å². The van der Waals surface area contributed by atoms with Gasteiger partial charge in [0.15, 0.2) is 0 Å². The minimum Gasteiger partial charge on any atom is -0.0652 e. The second-order valence-corrected chi connectivity index (χ2v) is 16.5. The molecule has 0 aliphatic heterocycles. The van der Waals surface area contributed by atoms with Crippen LogP contribution in [0.1, 0.15) is 124 Å². The van der Waals surface area contributed by atoms with E-state index in [2.05, 4.69) is 86.6 Å². The number of hydrogen-bond acceptors (Lipinski definition) is 0. The summed E-state index contributed by atoms with van der Waals surface area (Å²) in [4.78, 5) is 0. The van der Waals surface area contributed by atoms with Gasteiger partial charge < -0.3 is 0 Å². The predicted octanol–water partition coefficient (Wildman–Crippen LogP) is 10.2. The topological polar surface area (TPSA) is 0 Å². The Balaban J connectivity index is 3.10. The molecule has 0 aromatic heterocycles. The maximum Gasteiger partial charge on any atom is 0.0842 e. The Morgan fingerprint density at radius 3 is 1.47 bits per heavy atom. The Hall–Kier alpha value is -0.350. The molecule has 0 fully saturated rings. The second kappa shape index (κ2) is 12.6. The third-order valence-electron chi connectivity index (χ3n) is 6.72. The molecule has 1 rings (SSSR count). The van der Waals surface area contributed by atoms with Gasteiger partial charge in [0.25, 0.3) is 0 Å². The van der Waals surface area contributed by atoms with Gasteiger partial charge in [-0.15, -0.1) is 0 Å². The van der Waals surface area contributed by atoms with Gasteiger partial charge in [-0.3, -0.25) is 0 Å². The van der Waals surface area contributed by atoms with E-state index in [0.717, 1.165) is 0 Å². The fraction of sp³-hybridized carbons (Fsp3) is 0.793. The highest BCUT2D eigenvalue weighted by molar-refractivity contribution is 7.75. The van der Waals surface area contributed by atoms with Crippen LogP contribution < -0.4 is 0 Å². The van der Waals surface area contributed by atoms with Crippen molar-refractivity contribution in [3.8, 4) is 0 Å². The summed E-state index contributed by atoms with van der Waals surface area (Å²) >= 11 is 0. The lowest BCUT2D eigenvalue weighted by molar-refractivity contribution is 0.229. The van der Waals surface area contributed by atoms with Crippen LogP contribution in [0.2, 0.25) is 0 Å². The molecule has 0 bridgehead atoms. The number of unbranched alkanes of at least 4 members (excludes halogenated alkanes) is 3. The molecule has 30 heavy (non-hydrogen) atoms.